The van der Waals surface area contributed by atoms with Crippen molar-refractivity contribution in [3.8, 4) is 11.1 Å². The van der Waals surface area contributed by atoms with Crippen LogP contribution in [0.2, 0.25) is 0 Å². The molecule has 1 aliphatic carbocycles. The molecule has 0 saturated heterocycles. The summed E-state index contributed by atoms with van der Waals surface area (Å²) in [5.41, 5.74) is 9.66. The molecular formula is C24H28FN5. The van der Waals surface area contributed by atoms with Crippen LogP contribution in [0.25, 0.3) is 27.5 Å². The van der Waals surface area contributed by atoms with Crippen molar-refractivity contribution in [2.24, 2.45) is 5.41 Å². The highest BCUT2D eigenvalue weighted by Crippen LogP contribution is 2.34. The smallest absolute Gasteiger partial charge is 0.238 e. The van der Waals surface area contributed by atoms with Crippen molar-refractivity contribution < 1.29 is 4.39 Å². The van der Waals surface area contributed by atoms with Crippen LogP contribution in [0, 0.1) is 18.2 Å². The van der Waals surface area contributed by atoms with Crippen molar-refractivity contribution in [2.45, 2.75) is 52.9 Å². The van der Waals surface area contributed by atoms with Gasteiger partial charge in [0.25, 0.3) is 0 Å². The molecule has 0 atom stereocenters. The van der Waals surface area contributed by atoms with Gasteiger partial charge < -0.3 is 5.73 Å². The van der Waals surface area contributed by atoms with E-state index < -0.39 is 0 Å². The summed E-state index contributed by atoms with van der Waals surface area (Å²) >= 11 is 0. The minimum absolute atomic E-state index is 0.120. The van der Waals surface area contributed by atoms with Gasteiger partial charge in [0.1, 0.15) is 0 Å². The minimum Gasteiger partial charge on any atom is -0.367 e. The van der Waals surface area contributed by atoms with Crippen molar-refractivity contribution in [1.29, 1.82) is 0 Å². The molecule has 0 amide bonds. The first kappa shape index (κ1) is 20.3. The SMILES string of the molecule is CC1(C)CCCCC1.Cc1nc(N)nn2cc(F)c(-c3ccc4ncccc4c3)c12. The zero-order valence-electron chi connectivity index (χ0n) is 17.8. The minimum atomic E-state index is -0.355. The van der Waals surface area contributed by atoms with E-state index in [0.29, 0.717) is 22.2 Å². The van der Waals surface area contributed by atoms with E-state index in [9.17, 15) is 4.39 Å². The van der Waals surface area contributed by atoms with Crippen LogP contribution in [0.5, 0.6) is 0 Å². The van der Waals surface area contributed by atoms with Gasteiger partial charge in [-0.3, -0.25) is 4.98 Å². The van der Waals surface area contributed by atoms with Crippen LogP contribution in [0.1, 0.15) is 51.6 Å². The Balaban J connectivity index is 0.000000230. The van der Waals surface area contributed by atoms with Gasteiger partial charge in [-0.15, -0.1) is 5.10 Å². The van der Waals surface area contributed by atoms with Gasteiger partial charge in [0.05, 0.1) is 22.9 Å². The highest BCUT2D eigenvalue weighted by atomic mass is 19.1. The fraction of sp³-hybridized carbons (Fsp3) is 0.375. The number of hydrogen-bond donors (Lipinski definition) is 1. The van der Waals surface area contributed by atoms with Crippen LogP contribution in [0.3, 0.4) is 0 Å². The second-order valence-electron chi connectivity index (χ2n) is 8.84. The van der Waals surface area contributed by atoms with Gasteiger partial charge in [-0.05, 0) is 48.9 Å². The number of nitrogen functional groups attached to an aromatic ring is 1. The lowest BCUT2D eigenvalue weighted by Gasteiger charge is -2.28. The first-order valence-electron chi connectivity index (χ1n) is 10.5. The van der Waals surface area contributed by atoms with E-state index in [4.69, 9.17) is 5.73 Å². The highest BCUT2D eigenvalue weighted by molar-refractivity contribution is 5.90. The van der Waals surface area contributed by atoms with Crippen molar-refractivity contribution in [3.63, 3.8) is 0 Å². The maximum atomic E-state index is 14.5. The molecule has 0 radical (unpaired) electrons. The van der Waals surface area contributed by atoms with E-state index in [1.165, 1.54) is 42.8 Å². The Hall–Kier alpha value is -3.02. The lowest BCUT2D eigenvalue weighted by molar-refractivity contribution is 0.244. The molecule has 1 aromatic carbocycles. The van der Waals surface area contributed by atoms with E-state index in [2.05, 4.69) is 28.9 Å². The molecule has 6 heteroatoms. The van der Waals surface area contributed by atoms with E-state index in [-0.39, 0.29) is 11.8 Å². The standard InChI is InChI=1S/C16H12FN5.C8H16/c1-9-15-14(12(17)8-22(15)21-16(18)20-9)11-4-5-13-10(7-11)3-2-6-19-13;1-8(2)6-4-3-5-7-8/h2-8H,1H3,(H2,18,21);3-7H2,1-2H3. The molecule has 2 N–H and O–H groups in total. The summed E-state index contributed by atoms with van der Waals surface area (Å²) in [5, 5.41) is 4.99. The third kappa shape index (κ3) is 4.13. The molecular weight excluding hydrogens is 377 g/mol. The Bertz CT molecular complexity index is 1190. The first-order valence-corrected chi connectivity index (χ1v) is 10.5. The molecule has 3 aromatic heterocycles. The Kier molecular flexibility index (Phi) is 5.41. The Morgan fingerprint density at radius 1 is 1.10 bits per heavy atom. The summed E-state index contributed by atoms with van der Waals surface area (Å²) in [7, 11) is 0. The summed E-state index contributed by atoms with van der Waals surface area (Å²) < 4.78 is 15.9. The van der Waals surface area contributed by atoms with E-state index in [1.807, 2.05) is 30.3 Å². The molecule has 30 heavy (non-hydrogen) atoms. The highest BCUT2D eigenvalue weighted by Gasteiger charge is 2.20. The van der Waals surface area contributed by atoms with E-state index in [1.54, 1.807) is 13.1 Å². The number of hydrogen-bond acceptors (Lipinski definition) is 4. The quantitative estimate of drug-likeness (QED) is 0.425. The third-order valence-corrected chi connectivity index (χ3v) is 5.87. The Labute approximate surface area is 176 Å². The molecule has 4 aromatic rings. The molecule has 0 aliphatic heterocycles. The second kappa shape index (κ2) is 8.01. The molecule has 3 heterocycles. The maximum absolute atomic E-state index is 14.5. The van der Waals surface area contributed by atoms with E-state index >= 15 is 0 Å². The number of rotatable bonds is 1. The Morgan fingerprint density at radius 3 is 2.57 bits per heavy atom. The van der Waals surface area contributed by atoms with Gasteiger partial charge in [-0.25, -0.2) is 13.9 Å². The molecule has 5 nitrogen and oxygen atoms in total. The van der Waals surface area contributed by atoms with E-state index in [0.717, 1.165) is 16.5 Å². The number of halogens is 1. The van der Waals surface area contributed by atoms with Crippen LogP contribution >= 0.6 is 0 Å². The lowest BCUT2D eigenvalue weighted by Crippen LogP contribution is -2.14. The predicted molar refractivity (Wildman–Crippen MR) is 120 cm³/mol. The average Bonchev–Trinajstić information content (AvgIpc) is 3.04. The maximum Gasteiger partial charge on any atom is 0.238 e. The van der Waals surface area contributed by atoms with Crippen LogP contribution in [0.4, 0.5) is 10.3 Å². The van der Waals surface area contributed by atoms with Crippen LogP contribution in [-0.4, -0.2) is 19.6 Å². The van der Waals surface area contributed by atoms with Gasteiger partial charge in [0.2, 0.25) is 5.95 Å². The van der Waals surface area contributed by atoms with Gasteiger partial charge in [0, 0.05) is 17.1 Å². The van der Waals surface area contributed by atoms with Crippen LogP contribution in [-0.2, 0) is 0 Å². The molecule has 0 spiro atoms. The van der Waals surface area contributed by atoms with Crippen LogP contribution in [0.15, 0.2) is 42.7 Å². The molecule has 1 aliphatic rings. The average molecular weight is 406 g/mol. The monoisotopic (exact) mass is 405 g/mol. The third-order valence-electron chi connectivity index (χ3n) is 5.87. The van der Waals surface area contributed by atoms with Crippen molar-refractivity contribution in [1.82, 2.24) is 19.6 Å². The lowest BCUT2D eigenvalue weighted by atomic mass is 9.78. The molecule has 0 unspecified atom stereocenters. The number of aromatic nitrogens is 4. The summed E-state index contributed by atoms with van der Waals surface area (Å²) in [6, 6.07) is 9.44. The predicted octanol–water partition coefficient (Wildman–Crippen LogP) is 5.95. The molecule has 1 fully saturated rings. The number of nitrogens with two attached hydrogens (primary N) is 1. The number of benzene rings is 1. The zero-order chi connectivity index (χ0) is 21.3. The van der Waals surface area contributed by atoms with Gasteiger partial charge in [0.15, 0.2) is 5.82 Å². The van der Waals surface area contributed by atoms with Crippen molar-refractivity contribution in [3.05, 3.63) is 54.2 Å². The summed E-state index contributed by atoms with van der Waals surface area (Å²) in [6.45, 7) is 6.55. The first-order chi connectivity index (χ1) is 14.3. The number of anilines is 1. The molecule has 0 bridgehead atoms. The van der Waals surface area contributed by atoms with Crippen molar-refractivity contribution in [2.75, 3.05) is 5.73 Å². The topological polar surface area (TPSA) is 69.1 Å². The van der Waals surface area contributed by atoms with Gasteiger partial charge in [-0.1, -0.05) is 45.2 Å². The number of aryl methyl sites for hydroxylation is 1. The molecule has 156 valence electrons. The second-order valence-corrected chi connectivity index (χ2v) is 8.84. The molecule has 1 saturated carbocycles. The Morgan fingerprint density at radius 2 is 1.87 bits per heavy atom. The summed E-state index contributed by atoms with van der Waals surface area (Å²) in [5.74, 6) is -0.236. The fourth-order valence-corrected chi connectivity index (χ4v) is 4.26. The molecule has 5 rings (SSSR count). The number of pyridine rings is 1. The van der Waals surface area contributed by atoms with Gasteiger partial charge in [-0.2, -0.15) is 0 Å². The number of nitrogens with zero attached hydrogens (tertiary/aromatic N) is 4. The van der Waals surface area contributed by atoms with Crippen LogP contribution < -0.4 is 5.73 Å². The zero-order valence-corrected chi connectivity index (χ0v) is 17.8. The fourth-order valence-electron chi connectivity index (χ4n) is 4.26. The van der Waals surface area contributed by atoms with Gasteiger partial charge >= 0.3 is 0 Å². The largest absolute Gasteiger partial charge is 0.367 e. The normalized spacial score (nSPS) is 15.7. The van der Waals surface area contributed by atoms with Crippen molar-refractivity contribution >= 4 is 22.4 Å². The summed E-state index contributed by atoms with van der Waals surface area (Å²) in [4.78, 5) is 8.41. The summed E-state index contributed by atoms with van der Waals surface area (Å²) in [6.07, 6.45) is 10.4. The number of fused-ring (bicyclic) bond motifs is 2.